The number of aromatic nitrogens is 1. The number of benzene rings is 1. The minimum absolute atomic E-state index is 0.0647. The summed E-state index contributed by atoms with van der Waals surface area (Å²) in [7, 11) is 1.64. The second-order valence-electron chi connectivity index (χ2n) is 6.28. The van der Waals surface area contributed by atoms with Gasteiger partial charge in [0.1, 0.15) is 12.4 Å². The lowest BCUT2D eigenvalue weighted by Crippen LogP contribution is -2.30. The fraction of sp³-hybridized carbons (Fsp3) is 0.316. The first-order valence-electron chi connectivity index (χ1n) is 8.70. The van der Waals surface area contributed by atoms with Crippen molar-refractivity contribution < 1.29 is 23.9 Å². The molecule has 0 spiro atoms. The molecule has 3 rings (SSSR count). The van der Waals surface area contributed by atoms with Crippen molar-refractivity contribution in [3.63, 3.8) is 0 Å². The predicted octanol–water partition coefficient (Wildman–Crippen LogP) is 2.14. The number of amides is 2. The molecule has 0 atom stereocenters. The van der Waals surface area contributed by atoms with Gasteiger partial charge in [-0.3, -0.25) is 14.4 Å². The zero-order valence-electron chi connectivity index (χ0n) is 15.3. The van der Waals surface area contributed by atoms with Crippen LogP contribution in [-0.2, 0) is 16.0 Å². The average molecular weight is 406 g/mol. The van der Waals surface area contributed by atoms with Gasteiger partial charge in [-0.2, -0.15) is 0 Å². The Morgan fingerprint density at radius 3 is 2.93 bits per heavy atom. The lowest BCUT2D eigenvalue weighted by Gasteiger charge is -2.17. The second-order valence-corrected chi connectivity index (χ2v) is 6.68. The Balaban J connectivity index is 1.39. The SMILES string of the molecule is CN(CCOCCOc1cc2c(cc1Cl)NC(=O)C2)C(=O)c1cc[nH]c1C=O. The first-order valence-corrected chi connectivity index (χ1v) is 9.08. The van der Waals surface area contributed by atoms with Crippen LogP contribution < -0.4 is 10.1 Å². The number of hydrogen-bond donors (Lipinski definition) is 2. The summed E-state index contributed by atoms with van der Waals surface area (Å²) in [4.78, 5) is 38.8. The number of H-pyrrole nitrogens is 1. The smallest absolute Gasteiger partial charge is 0.255 e. The molecular weight excluding hydrogens is 386 g/mol. The van der Waals surface area contributed by atoms with Gasteiger partial charge in [0.25, 0.3) is 5.91 Å². The first-order chi connectivity index (χ1) is 13.5. The number of ether oxygens (including phenoxy) is 2. The summed E-state index contributed by atoms with van der Waals surface area (Å²) < 4.78 is 11.1. The van der Waals surface area contributed by atoms with Crippen molar-refractivity contribution in [2.45, 2.75) is 6.42 Å². The van der Waals surface area contributed by atoms with E-state index >= 15 is 0 Å². The van der Waals surface area contributed by atoms with E-state index < -0.39 is 0 Å². The number of hydrogen-bond acceptors (Lipinski definition) is 5. The van der Waals surface area contributed by atoms with Crippen molar-refractivity contribution in [2.75, 3.05) is 38.7 Å². The van der Waals surface area contributed by atoms with E-state index in [0.717, 1.165) is 5.56 Å². The number of fused-ring (bicyclic) bond motifs is 1. The molecule has 148 valence electrons. The molecule has 0 radical (unpaired) electrons. The standard InChI is InChI=1S/C19H20ClN3O5/c1-23(19(26)13-2-3-21-16(13)11-24)4-5-27-6-7-28-17-8-12-9-18(25)22-15(12)10-14(17)20/h2-3,8,10-11,21H,4-7,9H2,1H3,(H,22,25). The van der Waals surface area contributed by atoms with Gasteiger partial charge >= 0.3 is 0 Å². The van der Waals surface area contributed by atoms with Crippen LogP contribution in [0.1, 0.15) is 26.4 Å². The van der Waals surface area contributed by atoms with E-state index in [2.05, 4.69) is 10.3 Å². The first kappa shape index (κ1) is 19.9. The van der Waals surface area contributed by atoms with Crippen LogP contribution in [0.5, 0.6) is 5.75 Å². The van der Waals surface area contributed by atoms with Crippen molar-refractivity contribution in [3.8, 4) is 5.75 Å². The molecule has 9 heteroatoms. The zero-order chi connectivity index (χ0) is 20.1. The van der Waals surface area contributed by atoms with Gasteiger partial charge in [0.05, 0.1) is 35.9 Å². The lowest BCUT2D eigenvalue weighted by atomic mass is 10.1. The number of carbonyl (C=O) groups excluding carboxylic acids is 3. The van der Waals surface area contributed by atoms with Gasteiger partial charge < -0.3 is 24.7 Å². The van der Waals surface area contributed by atoms with Crippen molar-refractivity contribution >= 4 is 35.4 Å². The van der Waals surface area contributed by atoms with Crippen LogP contribution in [0, 0.1) is 0 Å². The Labute approximate surface area is 166 Å². The molecule has 2 N–H and O–H groups in total. The highest BCUT2D eigenvalue weighted by Gasteiger charge is 2.20. The molecule has 2 aromatic rings. The zero-order valence-corrected chi connectivity index (χ0v) is 16.0. The fourth-order valence-electron chi connectivity index (χ4n) is 2.82. The monoisotopic (exact) mass is 405 g/mol. The molecule has 1 aliphatic heterocycles. The van der Waals surface area contributed by atoms with Crippen LogP contribution in [0.25, 0.3) is 0 Å². The van der Waals surface area contributed by atoms with Gasteiger partial charge in [0.15, 0.2) is 6.29 Å². The van der Waals surface area contributed by atoms with E-state index in [-0.39, 0.29) is 24.1 Å². The third kappa shape index (κ3) is 4.52. The van der Waals surface area contributed by atoms with Crippen molar-refractivity contribution in [2.24, 2.45) is 0 Å². The molecule has 0 aliphatic carbocycles. The molecule has 0 saturated heterocycles. The number of halogens is 1. The molecule has 0 bridgehead atoms. The quantitative estimate of drug-likeness (QED) is 0.491. The predicted molar refractivity (Wildman–Crippen MR) is 103 cm³/mol. The minimum Gasteiger partial charge on any atom is -0.490 e. The normalized spacial score (nSPS) is 12.4. The van der Waals surface area contributed by atoms with E-state index in [1.165, 1.54) is 4.90 Å². The number of aromatic amines is 1. The number of nitrogens with one attached hydrogen (secondary N) is 2. The molecule has 0 fully saturated rings. The summed E-state index contributed by atoms with van der Waals surface area (Å²) >= 11 is 6.16. The lowest BCUT2D eigenvalue weighted by molar-refractivity contribution is -0.115. The largest absolute Gasteiger partial charge is 0.490 e. The summed E-state index contributed by atoms with van der Waals surface area (Å²) in [5.41, 5.74) is 2.16. The van der Waals surface area contributed by atoms with E-state index in [4.69, 9.17) is 21.1 Å². The number of rotatable bonds is 9. The summed E-state index contributed by atoms with van der Waals surface area (Å²) in [6, 6.07) is 5.00. The highest BCUT2D eigenvalue weighted by atomic mass is 35.5. The van der Waals surface area contributed by atoms with Crippen molar-refractivity contribution in [1.29, 1.82) is 0 Å². The van der Waals surface area contributed by atoms with Gasteiger partial charge in [-0.05, 0) is 23.8 Å². The van der Waals surface area contributed by atoms with E-state index in [1.807, 2.05) is 0 Å². The molecule has 1 aromatic heterocycles. The van der Waals surface area contributed by atoms with Crippen molar-refractivity contribution in [1.82, 2.24) is 9.88 Å². The molecule has 1 aromatic carbocycles. The summed E-state index contributed by atoms with van der Waals surface area (Å²) in [5.74, 6) is 0.183. The van der Waals surface area contributed by atoms with E-state index in [9.17, 15) is 14.4 Å². The highest BCUT2D eigenvalue weighted by Crippen LogP contribution is 2.34. The maximum Gasteiger partial charge on any atom is 0.255 e. The number of likely N-dealkylation sites (N-methyl/N-ethyl adjacent to an activating group) is 1. The molecule has 1 aliphatic rings. The van der Waals surface area contributed by atoms with E-state index in [0.29, 0.717) is 54.5 Å². The van der Waals surface area contributed by atoms with Gasteiger partial charge in [0.2, 0.25) is 5.91 Å². The maximum atomic E-state index is 12.3. The van der Waals surface area contributed by atoms with Gasteiger partial charge in [-0.15, -0.1) is 0 Å². The van der Waals surface area contributed by atoms with Crippen LogP contribution in [0.2, 0.25) is 5.02 Å². The molecule has 2 heterocycles. The minimum atomic E-state index is -0.253. The molecule has 0 unspecified atom stereocenters. The second kappa shape index (κ2) is 8.90. The number of aldehydes is 1. The number of carbonyl (C=O) groups is 3. The fourth-order valence-corrected chi connectivity index (χ4v) is 3.04. The van der Waals surface area contributed by atoms with Crippen LogP contribution in [0.4, 0.5) is 5.69 Å². The van der Waals surface area contributed by atoms with Crippen LogP contribution in [-0.4, -0.2) is 61.4 Å². The number of nitrogens with zero attached hydrogens (tertiary/aromatic N) is 1. The molecular formula is C19H20ClN3O5. The topological polar surface area (TPSA) is 101 Å². The summed E-state index contributed by atoms with van der Waals surface area (Å²) in [6.45, 7) is 1.29. The van der Waals surface area contributed by atoms with Crippen LogP contribution >= 0.6 is 11.6 Å². The van der Waals surface area contributed by atoms with Crippen LogP contribution in [0.15, 0.2) is 24.4 Å². The van der Waals surface area contributed by atoms with Crippen LogP contribution in [0.3, 0.4) is 0 Å². The molecule has 28 heavy (non-hydrogen) atoms. The third-order valence-corrected chi connectivity index (χ3v) is 4.61. The molecule has 0 saturated carbocycles. The Morgan fingerprint density at radius 1 is 1.32 bits per heavy atom. The Kier molecular flexibility index (Phi) is 6.33. The van der Waals surface area contributed by atoms with Crippen molar-refractivity contribution in [3.05, 3.63) is 46.2 Å². The Morgan fingerprint density at radius 2 is 2.14 bits per heavy atom. The molecule has 2 amide bonds. The summed E-state index contributed by atoms with van der Waals surface area (Å²) in [5, 5.41) is 3.15. The van der Waals surface area contributed by atoms with E-state index in [1.54, 1.807) is 31.4 Å². The average Bonchev–Trinajstić information content (AvgIpc) is 3.28. The Bertz CT molecular complexity index is 896. The summed E-state index contributed by atoms with van der Waals surface area (Å²) in [6.07, 6.45) is 2.48. The van der Waals surface area contributed by atoms with Gasteiger partial charge in [0, 0.05) is 25.5 Å². The number of anilines is 1. The molecule has 8 nitrogen and oxygen atoms in total. The van der Waals surface area contributed by atoms with Gasteiger partial charge in [-0.1, -0.05) is 11.6 Å². The Hall–Kier alpha value is -2.84. The highest BCUT2D eigenvalue weighted by molar-refractivity contribution is 6.32. The third-order valence-electron chi connectivity index (χ3n) is 4.31. The maximum absolute atomic E-state index is 12.3. The van der Waals surface area contributed by atoms with Gasteiger partial charge in [-0.25, -0.2) is 0 Å².